The van der Waals surface area contributed by atoms with Gasteiger partial charge in [-0.3, -0.25) is 0 Å². The Morgan fingerprint density at radius 2 is 0.649 bits per heavy atom. The molecule has 19 aromatic rings. The molecule has 16 aromatic carbocycles. The van der Waals surface area contributed by atoms with Gasteiger partial charge in [-0.25, -0.2) is 0 Å². The Morgan fingerprint density at radius 1 is 0.316 bits per heavy atom. The van der Waals surface area contributed by atoms with E-state index in [1.54, 1.807) is 26.0 Å². The molecule has 0 fully saturated rings. The Hall–Kier alpha value is -12.8. The second kappa shape index (κ2) is 39.4. The van der Waals surface area contributed by atoms with Crippen molar-refractivity contribution in [2.24, 2.45) is 0 Å². The lowest BCUT2D eigenvalue weighted by molar-refractivity contribution is 0.403. The predicted molar refractivity (Wildman–Crippen MR) is 492 cm³/mol. The fraction of sp³-hybridized carbons (Fsp3) is 0.0857. The first-order chi connectivity index (χ1) is 56.4. The molecule has 114 heavy (non-hydrogen) atoms. The van der Waals surface area contributed by atoms with Gasteiger partial charge in [0.2, 0.25) is 0 Å². The fourth-order valence-corrected chi connectivity index (χ4v) is 17.6. The lowest BCUT2D eigenvalue weighted by Gasteiger charge is -2.31. The molecule has 0 amide bonds. The number of rotatable bonds is 10. The summed E-state index contributed by atoms with van der Waals surface area (Å²) in [4.78, 5) is 9.94. The molecule has 0 unspecified atom stereocenters. The fourth-order valence-electron chi connectivity index (χ4n) is 14.6. The minimum Gasteiger partial charge on any atom is -0.497 e. The number of para-hydroxylation sites is 9. The zero-order chi connectivity index (χ0) is 78.1. The highest BCUT2D eigenvalue weighted by Gasteiger charge is 2.22. The molecule has 0 N–H and O–H groups in total. The van der Waals surface area contributed by atoms with Crippen LogP contribution in [0.25, 0.3) is 80.6 Å². The van der Waals surface area contributed by atoms with Gasteiger partial charge in [-0.2, -0.15) is 0 Å². The second-order valence-electron chi connectivity index (χ2n) is 26.9. The second-order valence-corrected chi connectivity index (χ2v) is 30.2. The average molecular weight is 1540 g/mol. The highest BCUT2D eigenvalue weighted by atomic mass is 32.2. The van der Waals surface area contributed by atoms with Crippen molar-refractivity contribution in [3.8, 4) is 28.3 Å². The van der Waals surface area contributed by atoms with Gasteiger partial charge < -0.3 is 28.4 Å². The number of nitrogens with zero attached hydrogens (tertiary/aromatic N) is 4. The number of anilines is 4. The van der Waals surface area contributed by atoms with E-state index in [4.69, 9.17) is 9.47 Å². The van der Waals surface area contributed by atoms with Crippen molar-refractivity contribution >= 4 is 121 Å². The smallest absolute Gasteiger partial charge is 0.119 e. The number of benzene rings is 16. The number of aromatic nitrogens is 2. The van der Waals surface area contributed by atoms with Crippen molar-refractivity contribution in [3.63, 3.8) is 0 Å². The summed E-state index contributed by atoms with van der Waals surface area (Å²) in [6, 6.07) is 146. The highest BCUT2D eigenvalue weighted by Crippen LogP contribution is 2.48. The Kier molecular flexibility index (Phi) is 27.0. The third-order valence-electron chi connectivity index (χ3n) is 19.9. The topological polar surface area (TPSA) is 34.8 Å². The van der Waals surface area contributed by atoms with Gasteiger partial charge in [-0.1, -0.05) is 297 Å². The predicted octanol–water partition coefficient (Wildman–Crippen LogP) is 29.6. The van der Waals surface area contributed by atoms with Gasteiger partial charge in [0.1, 0.15) is 11.5 Å². The molecular weight excluding hydrogens is 1450 g/mol. The number of hydrogen-bond donors (Lipinski definition) is 0. The minimum absolute atomic E-state index is 0.848. The largest absolute Gasteiger partial charge is 0.497 e. The summed E-state index contributed by atoms with van der Waals surface area (Å²) < 4.78 is 17.4. The van der Waals surface area contributed by atoms with E-state index in [-0.39, 0.29) is 0 Å². The van der Waals surface area contributed by atoms with Crippen LogP contribution in [0.15, 0.2) is 438 Å². The number of thiophene rings is 1. The van der Waals surface area contributed by atoms with Gasteiger partial charge in [0.25, 0.3) is 0 Å². The van der Waals surface area contributed by atoms with Crippen LogP contribution in [0, 0.1) is 0 Å². The first-order valence-corrected chi connectivity index (χ1v) is 41.3. The lowest BCUT2D eigenvalue weighted by atomic mass is 10.1. The van der Waals surface area contributed by atoms with Crippen LogP contribution < -0.4 is 19.3 Å². The van der Waals surface area contributed by atoms with E-state index >= 15 is 0 Å². The van der Waals surface area contributed by atoms with Crippen LogP contribution in [-0.2, 0) is 13.0 Å². The summed E-state index contributed by atoms with van der Waals surface area (Å²) in [6.07, 6.45) is 1.10. The molecule has 2 aliphatic rings. The van der Waals surface area contributed by atoms with Gasteiger partial charge in [0, 0.05) is 109 Å². The van der Waals surface area contributed by atoms with Crippen LogP contribution >= 0.6 is 34.9 Å². The van der Waals surface area contributed by atoms with Crippen molar-refractivity contribution in [3.05, 3.63) is 430 Å². The first-order valence-electron chi connectivity index (χ1n) is 38.9. The van der Waals surface area contributed by atoms with Crippen molar-refractivity contribution in [2.45, 2.75) is 53.3 Å². The summed E-state index contributed by atoms with van der Waals surface area (Å²) in [6.45, 7) is 9.57. The maximum absolute atomic E-state index is 4.96. The van der Waals surface area contributed by atoms with Crippen LogP contribution in [0.2, 0.25) is 0 Å². The molecule has 562 valence electrons. The van der Waals surface area contributed by atoms with E-state index in [0.717, 1.165) is 37.6 Å². The SMILES string of the molecule is CCN(c1ccccc1)c1ccccc1.CCN1c2ccccc2Sc2ccccc21.CCn1c2ccccc2c2ccccc21.COc1ccc(OC)cc1.c1ccc(-n2c3ccccc3c3ccccc32)cc1.c1ccc(Sc2ccccc2)cc1.c1ccc2c(c1)Cc1ccccc1-2.c1ccc2c(c1)sc1ccccc12. The summed E-state index contributed by atoms with van der Waals surface area (Å²) in [5, 5.41) is 8.08. The van der Waals surface area contributed by atoms with Gasteiger partial charge in [0.05, 0.1) is 36.6 Å². The van der Waals surface area contributed by atoms with Crippen LogP contribution in [-0.4, -0.2) is 36.4 Å². The number of hydrogen-bond acceptors (Lipinski definition) is 7. The molecule has 6 nitrogen and oxygen atoms in total. The maximum Gasteiger partial charge on any atom is 0.119 e. The zero-order valence-corrected chi connectivity index (χ0v) is 67.4. The number of ether oxygens (including phenoxy) is 2. The van der Waals surface area contributed by atoms with Gasteiger partial charge in [0.15, 0.2) is 0 Å². The average Bonchev–Trinajstić information content (AvgIpc) is 1.53. The van der Waals surface area contributed by atoms with Gasteiger partial charge in [-0.15, -0.1) is 11.3 Å². The molecule has 0 bridgehead atoms. The molecule has 0 saturated heterocycles. The van der Waals surface area contributed by atoms with Crippen LogP contribution in [0.3, 0.4) is 0 Å². The van der Waals surface area contributed by atoms with Crippen molar-refractivity contribution in [2.75, 3.05) is 37.1 Å². The molecule has 0 atom stereocenters. The van der Waals surface area contributed by atoms with Crippen LogP contribution in [0.5, 0.6) is 11.5 Å². The Bertz CT molecular complexity index is 5860. The van der Waals surface area contributed by atoms with E-state index in [1.807, 2.05) is 71.6 Å². The van der Waals surface area contributed by atoms with Gasteiger partial charge >= 0.3 is 0 Å². The minimum atomic E-state index is 0.848. The third-order valence-corrected chi connectivity index (χ3v) is 23.2. The van der Waals surface area contributed by atoms with E-state index in [1.165, 1.54) is 134 Å². The highest BCUT2D eigenvalue weighted by molar-refractivity contribution is 8.00. The molecule has 1 aliphatic carbocycles. The summed E-state index contributed by atoms with van der Waals surface area (Å²) in [7, 11) is 3.28. The molecule has 21 rings (SSSR count). The Balaban J connectivity index is 0.000000108. The van der Waals surface area contributed by atoms with Crippen LogP contribution in [0.4, 0.5) is 22.7 Å². The van der Waals surface area contributed by atoms with E-state index in [9.17, 15) is 0 Å². The zero-order valence-electron chi connectivity index (χ0n) is 65.0. The molecule has 0 spiro atoms. The van der Waals surface area contributed by atoms with Crippen molar-refractivity contribution in [1.82, 2.24) is 9.13 Å². The number of aryl methyl sites for hydroxylation is 1. The molecule has 4 heterocycles. The molecule has 0 saturated carbocycles. The molecule has 3 aromatic heterocycles. The third kappa shape index (κ3) is 18.9. The molecule has 0 radical (unpaired) electrons. The van der Waals surface area contributed by atoms with E-state index in [2.05, 4.69) is 410 Å². The summed E-state index contributed by atoms with van der Waals surface area (Å²) in [5.41, 5.74) is 17.3. The van der Waals surface area contributed by atoms with E-state index < -0.39 is 0 Å². The Morgan fingerprint density at radius 3 is 1.05 bits per heavy atom. The van der Waals surface area contributed by atoms with Crippen molar-refractivity contribution < 1.29 is 9.47 Å². The molecule has 1 aliphatic heterocycles. The molecule has 9 heteroatoms. The normalized spacial score (nSPS) is 11.1. The molecular formula is C105H92N4O2S3. The van der Waals surface area contributed by atoms with Crippen molar-refractivity contribution in [1.29, 1.82) is 0 Å². The quantitative estimate of drug-likeness (QED) is 0.136. The lowest BCUT2D eigenvalue weighted by Crippen LogP contribution is -2.19. The first kappa shape index (κ1) is 77.9. The monoisotopic (exact) mass is 1540 g/mol. The summed E-state index contributed by atoms with van der Waals surface area (Å²) >= 11 is 5.51. The Labute approximate surface area is 683 Å². The number of methoxy groups -OCH3 is 2. The maximum atomic E-state index is 4.96. The number of fused-ring (bicyclic) bond motifs is 14. The van der Waals surface area contributed by atoms with Gasteiger partial charge in [-0.05, 0) is 195 Å². The standard InChI is InChI=1S/C18H13N.C14H13NS.C14H13N.C14H15N.C13H10.C12H8S.C12H10S.C8H10O2/c1-2-8-14(9-3-1)19-17-12-6-4-10-15(17)16-11-5-7-13-18(16)19;1-2-15-11-7-3-5-9-13(11)16-14-10-6-4-8-12(14)15;1-2-15-13-9-5-3-7-11(13)12-8-4-6-10-14(12)15;1-2-15(13-9-5-3-6-10-13)14-11-7-4-8-12-14;1-3-7-12-10(5-1)9-11-6-2-4-8-13(11)12;1-3-7-11-9(5-1)10-6-2-4-8-12(10)13-11;1-3-7-11(8-4-1)13-12-9-5-2-6-10-12;1-9-7-3-5-8(10-2)6-4-7/h1-13H;3-10H,2H2,1H3;3-10H,2H2,1H3;3-12H,2H2,1H3;1-8H,9H2;1-8H;1-10H;3-6H,1-2H3. The van der Waals surface area contributed by atoms with Crippen LogP contribution in [0.1, 0.15) is 31.9 Å². The van der Waals surface area contributed by atoms with E-state index in [0.29, 0.717) is 0 Å². The summed E-state index contributed by atoms with van der Waals surface area (Å²) in [5.74, 6) is 1.70.